The number of aromatic hydroxyl groups is 1. The van der Waals surface area contributed by atoms with Crippen molar-refractivity contribution in [2.45, 2.75) is 32.1 Å². The van der Waals surface area contributed by atoms with Gasteiger partial charge in [0.1, 0.15) is 11.5 Å². The molecule has 0 heterocycles. The number of hydrogen-bond acceptors (Lipinski definition) is 4. The highest BCUT2D eigenvalue weighted by atomic mass is 16.8. The number of benzene rings is 1. The number of phenolic OH excluding ortho intramolecular Hbond substituents is 1. The van der Waals surface area contributed by atoms with Crippen LogP contribution in [0.4, 0.5) is 0 Å². The van der Waals surface area contributed by atoms with Gasteiger partial charge in [-0.05, 0) is 30.7 Å². The lowest BCUT2D eigenvalue weighted by atomic mass is 10.1. The third-order valence-electron chi connectivity index (χ3n) is 2.64. The summed E-state index contributed by atoms with van der Waals surface area (Å²) in [5.41, 5.74) is 2.98. The van der Waals surface area contributed by atoms with E-state index in [9.17, 15) is 5.11 Å². The van der Waals surface area contributed by atoms with Gasteiger partial charge in [-0.25, -0.2) is 0 Å². The summed E-state index contributed by atoms with van der Waals surface area (Å²) in [5.74, 6) is 0.0541. The van der Waals surface area contributed by atoms with Gasteiger partial charge in [-0.2, -0.15) is 5.48 Å². The van der Waals surface area contributed by atoms with Crippen molar-refractivity contribution in [3.05, 3.63) is 48.6 Å². The molecule has 0 aromatic heterocycles. The van der Waals surface area contributed by atoms with Crippen LogP contribution in [-0.4, -0.2) is 16.9 Å². The van der Waals surface area contributed by atoms with Crippen LogP contribution in [0.25, 0.3) is 0 Å². The predicted octanol–water partition coefficient (Wildman–Crippen LogP) is 2.91. The summed E-state index contributed by atoms with van der Waals surface area (Å²) in [5, 5.41) is 9.22. The maximum Gasteiger partial charge on any atom is 0.222 e. The molecular formula is C15H19NO3. The topological polar surface area (TPSA) is 50.7 Å². The van der Waals surface area contributed by atoms with E-state index in [1.165, 1.54) is 0 Å². The van der Waals surface area contributed by atoms with Crippen LogP contribution in [0.1, 0.15) is 20.3 Å². The van der Waals surface area contributed by atoms with E-state index < -0.39 is 5.79 Å². The molecule has 1 aromatic rings. The lowest BCUT2D eigenvalue weighted by Gasteiger charge is -2.28. The molecule has 0 spiro atoms. The summed E-state index contributed by atoms with van der Waals surface area (Å²) in [4.78, 5) is 5.58. The number of allylic oxidation sites excluding steroid dienone is 2. The molecule has 1 aliphatic rings. The first-order chi connectivity index (χ1) is 9.05. The average Bonchev–Trinajstić information content (AvgIpc) is 2.40. The summed E-state index contributed by atoms with van der Waals surface area (Å²) in [6.45, 7) is 3.66. The monoisotopic (exact) mass is 261 g/mol. The minimum Gasteiger partial charge on any atom is -0.508 e. The van der Waals surface area contributed by atoms with E-state index in [0.717, 1.165) is 6.42 Å². The van der Waals surface area contributed by atoms with Gasteiger partial charge in [-0.15, -0.1) is 0 Å². The largest absolute Gasteiger partial charge is 0.508 e. The maximum atomic E-state index is 9.22. The van der Waals surface area contributed by atoms with Crippen molar-refractivity contribution in [3.63, 3.8) is 0 Å². The fourth-order valence-electron chi connectivity index (χ4n) is 1.70. The van der Waals surface area contributed by atoms with E-state index in [2.05, 4.69) is 11.6 Å². The summed E-state index contributed by atoms with van der Waals surface area (Å²) in [6.07, 6.45) is 9.01. The molecule has 0 amide bonds. The Hall–Kier alpha value is -1.78. The first-order valence-electron chi connectivity index (χ1n) is 6.30. The van der Waals surface area contributed by atoms with E-state index in [4.69, 9.17) is 9.57 Å². The molecule has 0 bridgehead atoms. The highest BCUT2D eigenvalue weighted by Crippen LogP contribution is 2.21. The smallest absolute Gasteiger partial charge is 0.222 e. The summed E-state index contributed by atoms with van der Waals surface area (Å²) < 4.78 is 5.71. The van der Waals surface area contributed by atoms with Crippen molar-refractivity contribution >= 4 is 0 Å². The van der Waals surface area contributed by atoms with Gasteiger partial charge in [-0.3, -0.25) is 4.84 Å². The van der Waals surface area contributed by atoms with Crippen molar-refractivity contribution in [1.29, 1.82) is 0 Å². The van der Waals surface area contributed by atoms with Crippen molar-refractivity contribution in [3.8, 4) is 11.5 Å². The van der Waals surface area contributed by atoms with Crippen molar-refractivity contribution in [2.24, 2.45) is 0 Å². The fourth-order valence-corrected chi connectivity index (χ4v) is 1.70. The number of hydrogen-bond donors (Lipinski definition) is 2. The van der Waals surface area contributed by atoms with Gasteiger partial charge in [-0.1, -0.05) is 24.3 Å². The summed E-state index contributed by atoms with van der Waals surface area (Å²) >= 11 is 0. The van der Waals surface area contributed by atoms with Gasteiger partial charge in [0.25, 0.3) is 0 Å². The molecule has 0 fully saturated rings. The van der Waals surface area contributed by atoms with Gasteiger partial charge in [0.15, 0.2) is 0 Å². The standard InChI is InChI=1S/C15H19NO3/c1-15(2,18-14-10-8-13(17)9-11-14)19-16-12-6-4-3-5-7-12/h3-6,8-12,16-17H,7H2,1-2H3. The Balaban J connectivity index is 1.85. The predicted molar refractivity (Wildman–Crippen MR) is 73.7 cm³/mol. The molecule has 1 aliphatic carbocycles. The number of phenols is 1. The lowest BCUT2D eigenvalue weighted by Crippen LogP contribution is -2.41. The normalized spacial score (nSPS) is 18.5. The van der Waals surface area contributed by atoms with E-state index in [0.29, 0.717) is 5.75 Å². The molecule has 4 nitrogen and oxygen atoms in total. The van der Waals surface area contributed by atoms with Crippen molar-refractivity contribution < 1.29 is 14.7 Å². The van der Waals surface area contributed by atoms with E-state index >= 15 is 0 Å². The van der Waals surface area contributed by atoms with Crippen LogP contribution in [0.2, 0.25) is 0 Å². The molecule has 0 aliphatic heterocycles. The second-order valence-corrected chi connectivity index (χ2v) is 4.87. The zero-order valence-electron chi connectivity index (χ0n) is 11.2. The third-order valence-corrected chi connectivity index (χ3v) is 2.64. The van der Waals surface area contributed by atoms with Crippen LogP contribution in [0.15, 0.2) is 48.6 Å². The lowest BCUT2D eigenvalue weighted by molar-refractivity contribution is -0.203. The molecule has 2 rings (SSSR count). The van der Waals surface area contributed by atoms with Gasteiger partial charge >= 0.3 is 0 Å². The molecule has 4 heteroatoms. The first-order valence-corrected chi connectivity index (χ1v) is 6.30. The molecule has 19 heavy (non-hydrogen) atoms. The molecule has 1 aromatic carbocycles. The molecule has 1 atom stereocenters. The van der Waals surface area contributed by atoms with Crippen LogP contribution in [0, 0.1) is 0 Å². The molecular weight excluding hydrogens is 242 g/mol. The Morgan fingerprint density at radius 3 is 2.58 bits per heavy atom. The van der Waals surface area contributed by atoms with Crippen LogP contribution in [0.3, 0.4) is 0 Å². The molecule has 0 saturated heterocycles. The average molecular weight is 261 g/mol. The van der Waals surface area contributed by atoms with Gasteiger partial charge in [0, 0.05) is 13.8 Å². The number of rotatable bonds is 5. The zero-order chi connectivity index (χ0) is 13.7. The Morgan fingerprint density at radius 2 is 1.95 bits per heavy atom. The number of hydroxylamine groups is 1. The molecule has 2 N–H and O–H groups in total. The molecule has 102 valence electrons. The molecule has 0 radical (unpaired) electrons. The van der Waals surface area contributed by atoms with Gasteiger partial charge in [0.2, 0.25) is 5.79 Å². The van der Waals surface area contributed by atoms with Crippen LogP contribution >= 0.6 is 0 Å². The molecule has 1 unspecified atom stereocenters. The number of ether oxygens (including phenoxy) is 1. The maximum absolute atomic E-state index is 9.22. The van der Waals surface area contributed by atoms with Crippen molar-refractivity contribution in [2.75, 3.05) is 0 Å². The fraction of sp³-hybridized carbons (Fsp3) is 0.333. The second kappa shape index (κ2) is 5.91. The molecule has 0 saturated carbocycles. The Morgan fingerprint density at radius 1 is 1.21 bits per heavy atom. The third kappa shape index (κ3) is 4.43. The summed E-state index contributed by atoms with van der Waals surface area (Å²) in [7, 11) is 0. The van der Waals surface area contributed by atoms with E-state index in [1.807, 2.05) is 32.1 Å². The zero-order valence-corrected chi connectivity index (χ0v) is 11.2. The Bertz CT molecular complexity index is 463. The minimum absolute atomic E-state index is 0.160. The van der Waals surface area contributed by atoms with E-state index in [-0.39, 0.29) is 11.8 Å². The van der Waals surface area contributed by atoms with Crippen LogP contribution < -0.4 is 10.2 Å². The van der Waals surface area contributed by atoms with Crippen molar-refractivity contribution in [1.82, 2.24) is 5.48 Å². The number of nitrogens with one attached hydrogen (secondary N) is 1. The van der Waals surface area contributed by atoms with Gasteiger partial charge < -0.3 is 9.84 Å². The Labute approximate surface area is 113 Å². The van der Waals surface area contributed by atoms with E-state index in [1.54, 1.807) is 24.3 Å². The highest BCUT2D eigenvalue weighted by Gasteiger charge is 2.22. The van der Waals surface area contributed by atoms with Crippen LogP contribution in [-0.2, 0) is 4.84 Å². The first kappa shape index (κ1) is 13.6. The highest BCUT2D eigenvalue weighted by molar-refractivity contribution is 5.30. The second-order valence-electron chi connectivity index (χ2n) is 4.87. The van der Waals surface area contributed by atoms with Crippen LogP contribution in [0.5, 0.6) is 11.5 Å². The quantitative estimate of drug-likeness (QED) is 0.632. The Kier molecular flexibility index (Phi) is 4.24. The minimum atomic E-state index is -0.800. The SMILES string of the molecule is CC(C)(ONC1C=CC=CC1)Oc1ccc(O)cc1. The summed E-state index contributed by atoms with van der Waals surface area (Å²) in [6, 6.07) is 6.71. The van der Waals surface area contributed by atoms with Gasteiger partial charge in [0.05, 0.1) is 6.04 Å².